The maximum atomic E-state index is 11.7. The Hall–Kier alpha value is -3.67. The molecule has 0 bridgehead atoms. The Morgan fingerprint density at radius 2 is 1.90 bits per heavy atom. The van der Waals surface area contributed by atoms with Crippen LogP contribution in [-0.4, -0.2) is 24.6 Å². The van der Waals surface area contributed by atoms with E-state index in [-0.39, 0.29) is 4.90 Å². The van der Waals surface area contributed by atoms with Gasteiger partial charge in [-0.15, -0.1) is 11.3 Å². The molecule has 6 nitrogen and oxygen atoms in total. The SMILES string of the molecule is CS(=O)(=O)c1ccc(-c2cc3c(Nc4ccc5[nH]ccc5c4)c(C#N)cnc3s2)cc1. The molecular weight excluding hydrogens is 428 g/mol. The molecule has 3 aromatic heterocycles. The van der Waals surface area contributed by atoms with E-state index in [1.54, 1.807) is 30.5 Å². The van der Waals surface area contributed by atoms with E-state index >= 15 is 0 Å². The summed E-state index contributed by atoms with van der Waals surface area (Å²) in [7, 11) is -3.25. The molecule has 0 atom stereocenters. The first-order chi connectivity index (χ1) is 14.9. The zero-order valence-electron chi connectivity index (χ0n) is 16.4. The number of aromatic nitrogens is 2. The molecule has 2 N–H and O–H groups in total. The van der Waals surface area contributed by atoms with Crippen LogP contribution in [0, 0.1) is 11.3 Å². The van der Waals surface area contributed by atoms with Crippen molar-refractivity contribution in [3.8, 4) is 16.5 Å². The van der Waals surface area contributed by atoms with Gasteiger partial charge < -0.3 is 10.3 Å². The lowest BCUT2D eigenvalue weighted by atomic mass is 10.1. The molecule has 0 spiro atoms. The van der Waals surface area contributed by atoms with Gasteiger partial charge in [0.1, 0.15) is 10.9 Å². The number of benzene rings is 2. The van der Waals surface area contributed by atoms with Gasteiger partial charge in [0.2, 0.25) is 0 Å². The summed E-state index contributed by atoms with van der Waals surface area (Å²) in [5.74, 6) is 0. The van der Waals surface area contributed by atoms with Crippen LogP contribution in [0.15, 0.2) is 71.9 Å². The Kier molecular flexibility index (Phi) is 4.50. The van der Waals surface area contributed by atoms with Gasteiger partial charge >= 0.3 is 0 Å². The molecule has 0 aliphatic rings. The van der Waals surface area contributed by atoms with Crippen molar-refractivity contribution >= 4 is 53.7 Å². The minimum absolute atomic E-state index is 0.282. The summed E-state index contributed by atoms with van der Waals surface area (Å²) in [4.78, 5) is 9.65. The zero-order chi connectivity index (χ0) is 21.6. The second-order valence-electron chi connectivity index (χ2n) is 7.19. The van der Waals surface area contributed by atoms with E-state index < -0.39 is 9.84 Å². The summed E-state index contributed by atoms with van der Waals surface area (Å²) in [6, 6.07) is 19.0. The molecule has 0 saturated carbocycles. The molecule has 3 heterocycles. The molecule has 31 heavy (non-hydrogen) atoms. The average molecular weight is 445 g/mol. The average Bonchev–Trinajstić information content (AvgIpc) is 3.40. The van der Waals surface area contributed by atoms with E-state index in [1.807, 2.05) is 36.5 Å². The lowest BCUT2D eigenvalue weighted by Gasteiger charge is -2.09. The van der Waals surface area contributed by atoms with Crippen molar-refractivity contribution in [1.29, 1.82) is 5.26 Å². The molecule has 152 valence electrons. The molecule has 2 aromatic carbocycles. The number of nitrogens with one attached hydrogen (secondary N) is 2. The van der Waals surface area contributed by atoms with Gasteiger partial charge in [0.25, 0.3) is 0 Å². The van der Waals surface area contributed by atoms with Crippen molar-refractivity contribution < 1.29 is 8.42 Å². The number of aromatic amines is 1. The number of thiophene rings is 1. The lowest BCUT2D eigenvalue weighted by molar-refractivity contribution is 0.602. The van der Waals surface area contributed by atoms with E-state index in [0.717, 1.165) is 37.2 Å². The van der Waals surface area contributed by atoms with E-state index in [1.165, 1.54) is 17.6 Å². The van der Waals surface area contributed by atoms with Crippen molar-refractivity contribution in [2.24, 2.45) is 0 Å². The highest BCUT2D eigenvalue weighted by Gasteiger charge is 2.15. The fraction of sp³-hybridized carbons (Fsp3) is 0.0435. The number of hydrogen-bond acceptors (Lipinski definition) is 6. The van der Waals surface area contributed by atoms with Crippen LogP contribution in [0.4, 0.5) is 11.4 Å². The first-order valence-electron chi connectivity index (χ1n) is 9.40. The van der Waals surface area contributed by atoms with E-state index in [0.29, 0.717) is 11.3 Å². The van der Waals surface area contributed by atoms with Gasteiger partial charge in [-0.3, -0.25) is 0 Å². The molecule has 0 aliphatic heterocycles. The Morgan fingerprint density at radius 1 is 1.10 bits per heavy atom. The van der Waals surface area contributed by atoms with Gasteiger partial charge in [-0.25, -0.2) is 13.4 Å². The molecule has 0 saturated heterocycles. The van der Waals surface area contributed by atoms with Crippen molar-refractivity contribution in [1.82, 2.24) is 9.97 Å². The maximum Gasteiger partial charge on any atom is 0.175 e. The summed E-state index contributed by atoms with van der Waals surface area (Å²) >= 11 is 1.50. The minimum atomic E-state index is -3.25. The molecular formula is C23H16N4O2S2. The van der Waals surface area contributed by atoms with Gasteiger partial charge in [-0.1, -0.05) is 12.1 Å². The zero-order valence-corrected chi connectivity index (χ0v) is 18.0. The van der Waals surface area contributed by atoms with Crippen LogP contribution in [0.2, 0.25) is 0 Å². The van der Waals surface area contributed by atoms with Crippen molar-refractivity contribution in [3.05, 3.63) is 72.6 Å². The van der Waals surface area contributed by atoms with Gasteiger partial charge in [-0.2, -0.15) is 5.26 Å². The lowest BCUT2D eigenvalue weighted by Crippen LogP contribution is -1.96. The predicted octanol–water partition coefficient (Wildman–Crippen LogP) is 5.46. The molecule has 5 aromatic rings. The Balaban J connectivity index is 1.59. The quantitative estimate of drug-likeness (QED) is 0.383. The molecule has 0 amide bonds. The molecule has 0 aliphatic carbocycles. The number of H-pyrrole nitrogens is 1. The topological polar surface area (TPSA) is 98.6 Å². The predicted molar refractivity (Wildman–Crippen MR) is 124 cm³/mol. The van der Waals surface area contributed by atoms with Crippen molar-refractivity contribution in [3.63, 3.8) is 0 Å². The van der Waals surface area contributed by atoms with Crippen LogP contribution in [0.5, 0.6) is 0 Å². The van der Waals surface area contributed by atoms with Crippen molar-refractivity contribution in [2.45, 2.75) is 4.90 Å². The second kappa shape index (κ2) is 7.23. The Morgan fingerprint density at radius 3 is 2.65 bits per heavy atom. The third-order valence-electron chi connectivity index (χ3n) is 5.07. The highest BCUT2D eigenvalue weighted by molar-refractivity contribution is 7.90. The van der Waals surface area contributed by atoms with E-state index in [2.05, 4.69) is 21.4 Å². The standard InChI is InChI=1S/C23H16N4O2S2/c1-31(28,29)18-5-2-14(3-6-18)21-11-19-22(16(12-24)13-26-23(19)30-21)27-17-4-7-20-15(10-17)8-9-25-20/h2-11,13,25H,1H3,(H,26,27). The number of hydrogen-bond donors (Lipinski definition) is 2. The third kappa shape index (κ3) is 3.54. The van der Waals surface area contributed by atoms with Gasteiger partial charge in [0.05, 0.1) is 16.1 Å². The number of nitrogens with zero attached hydrogens (tertiary/aromatic N) is 2. The fourth-order valence-electron chi connectivity index (χ4n) is 3.49. The highest BCUT2D eigenvalue weighted by atomic mass is 32.2. The Labute approximate surface area is 182 Å². The van der Waals surface area contributed by atoms with Crippen molar-refractivity contribution in [2.75, 3.05) is 11.6 Å². The summed E-state index contributed by atoms with van der Waals surface area (Å²) in [6.45, 7) is 0. The first-order valence-corrected chi connectivity index (χ1v) is 12.1. The molecule has 0 radical (unpaired) electrons. The normalized spacial score (nSPS) is 11.6. The van der Waals surface area contributed by atoms with Crippen LogP contribution < -0.4 is 5.32 Å². The number of anilines is 2. The van der Waals surface area contributed by atoms with Gasteiger partial charge in [0, 0.05) is 45.5 Å². The summed E-state index contributed by atoms with van der Waals surface area (Å²) in [5.41, 5.74) is 3.98. The monoisotopic (exact) mass is 444 g/mol. The number of fused-ring (bicyclic) bond motifs is 2. The van der Waals surface area contributed by atoms with Gasteiger partial charge in [0.15, 0.2) is 9.84 Å². The Bertz CT molecular complexity index is 1590. The summed E-state index contributed by atoms with van der Waals surface area (Å²) in [5, 5.41) is 15.0. The maximum absolute atomic E-state index is 11.7. The molecule has 0 fully saturated rings. The highest BCUT2D eigenvalue weighted by Crippen LogP contribution is 2.38. The van der Waals surface area contributed by atoms with Crippen LogP contribution in [-0.2, 0) is 9.84 Å². The second-order valence-corrected chi connectivity index (χ2v) is 10.2. The minimum Gasteiger partial charge on any atom is -0.361 e. The summed E-state index contributed by atoms with van der Waals surface area (Å²) < 4.78 is 23.5. The number of sulfone groups is 1. The molecule has 5 rings (SSSR count). The molecule has 8 heteroatoms. The van der Waals surface area contributed by atoms with Crippen LogP contribution >= 0.6 is 11.3 Å². The summed E-state index contributed by atoms with van der Waals surface area (Å²) in [6.07, 6.45) is 4.66. The molecule has 0 unspecified atom stereocenters. The first kappa shape index (κ1) is 19.3. The fourth-order valence-corrected chi connectivity index (χ4v) is 5.14. The van der Waals surface area contributed by atoms with Crippen LogP contribution in [0.1, 0.15) is 5.56 Å². The smallest absolute Gasteiger partial charge is 0.175 e. The third-order valence-corrected chi connectivity index (χ3v) is 7.29. The van der Waals surface area contributed by atoms with E-state index in [9.17, 15) is 13.7 Å². The largest absolute Gasteiger partial charge is 0.361 e. The number of rotatable bonds is 4. The van der Waals surface area contributed by atoms with E-state index in [4.69, 9.17) is 0 Å². The van der Waals surface area contributed by atoms with Crippen LogP contribution in [0.3, 0.4) is 0 Å². The number of nitriles is 1. The number of pyridine rings is 1. The van der Waals surface area contributed by atoms with Crippen LogP contribution in [0.25, 0.3) is 31.6 Å². The van der Waals surface area contributed by atoms with Gasteiger partial charge in [-0.05, 0) is 48.0 Å².